The summed E-state index contributed by atoms with van der Waals surface area (Å²) in [5.74, 6) is 2.01. The van der Waals surface area contributed by atoms with Crippen LogP contribution in [0.3, 0.4) is 0 Å². The quantitative estimate of drug-likeness (QED) is 0.450. The van der Waals surface area contributed by atoms with Gasteiger partial charge in [0.2, 0.25) is 0 Å². The molecular weight excluding hydrogens is 378 g/mol. The van der Waals surface area contributed by atoms with E-state index in [0.717, 1.165) is 31.1 Å². The highest BCUT2D eigenvalue weighted by Gasteiger charge is 2.33. The van der Waals surface area contributed by atoms with Gasteiger partial charge in [-0.05, 0) is 49.3 Å². The molecule has 0 heterocycles. The molecule has 0 unspecified atom stereocenters. The van der Waals surface area contributed by atoms with Gasteiger partial charge >= 0.3 is 0 Å². The molecule has 0 spiro atoms. The molecular formula is C21H34ClN3O3. The number of methoxy groups -OCH3 is 2. The van der Waals surface area contributed by atoms with E-state index in [1.807, 2.05) is 19.1 Å². The van der Waals surface area contributed by atoms with E-state index in [1.54, 1.807) is 21.3 Å². The van der Waals surface area contributed by atoms with Crippen molar-refractivity contribution in [3.63, 3.8) is 0 Å². The maximum atomic E-state index is 6.36. The van der Waals surface area contributed by atoms with Crippen molar-refractivity contribution < 1.29 is 14.2 Å². The largest absolute Gasteiger partial charge is 0.493 e. The normalized spacial score (nSPS) is 16.1. The molecule has 1 aromatic rings. The fraction of sp³-hybridized carbons (Fsp3) is 0.667. The first-order valence-electron chi connectivity index (χ1n) is 10.00. The van der Waals surface area contributed by atoms with Crippen LogP contribution >= 0.6 is 11.6 Å². The lowest BCUT2D eigenvalue weighted by Gasteiger charge is -2.30. The standard InChI is InChI=1S/C21H34ClN3O3/c1-5-28-19-17(22)12-16(13-18(19)27-4)14-24-20(23-2)25-15-21(10-11-26-3)8-6-7-9-21/h12-13H,5-11,14-15H2,1-4H3,(H2,23,24,25). The Hall–Kier alpha value is -1.66. The summed E-state index contributed by atoms with van der Waals surface area (Å²) in [4.78, 5) is 4.36. The van der Waals surface area contributed by atoms with Crippen LogP contribution in [0, 0.1) is 5.41 Å². The third-order valence-electron chi connectivity index (χ3n) is 5.39. The van der Waals surface area contributed by atoms with Gasteiger partial charge in [0.15, 0.2) is 17.5 Å². The van der Waals surface area contributed by atoms with E-state index in [0.29, 0.717) is 35.1 Å². The maximum Gasteiger partial charge on any atom is 0.191 e. The minimum absolute atomic E-state index is 0.305. The summed E-state index contributed by atoms with van der Waals surface area (Å²) < 4.78 is 16.3. The van der Waals surface area contributed by atoms with Crippen molar-refractivity contribution in [3.8, 4) is 11.5 Å². The molecule has 0 bridgehead atoms. The summed E-state index contributed by atoms with van der Waals surface area (Å²) in [7, 11) is 5.18. The first-order chi connectivity index (χ1) is 13.6. The second kappa shape index (κ2) is 11.4. The summed E-state index contributed by atoms with van der Waals surface area (Å²) >= 11 is 6.36. The van der Waals surface area contributed by atoms with E-state index in [-0.39, 0.29) is 0 Å². The number of aliphatic imine (C=N–C) groups is 1. The van der Waals surface area contributed by atoms with E-state index in [4.69, 9.17) is 25.8 Å². The van der Waals surface area contributed by atoms with E-state index >= 15 is 0 Å². The molecule has 2 N–H and O–H groups in total. The van der Waals surface area contributed by atoms with Crippen molar-refractivity contribution in [1.29, 1.82) is 0 Å². The fourth-order valence-electron chi connectivity index (χ4n) is 3.80. The molecule has 1 aromatic carbocycles. The van der Waals surface area contributed by atoms with Crippen LogP contribution in [-0.2, 0) is 11.3 Å². The number of hydrogen-bond donors (Lipinski definition) is 2. The molecule has 1 saturated carbocycles. The van der Waals surface area contributed by atoms with Crippen molar-refractivity contribution in [2.24, 2.45) is 10.4 Å². The van der Waals surface area contributed by atoms with Crippen LogP contribution in [0.2, 0.25) is 5.02 Å². The molecule has 7 heteroatoms. The molecule has 0 aromatic heterocycles. The Balaban J connectivity index is 1.95. The first-order valence-corrected chi connectivity index (χ1v) is 10.4. The second-order valence-corrected chi connectivity index (χ2v) is 7.68. The zero-order valence-corrected chi connectivity index (χ0v) is 18.3. The Morgan fingerprint density at radius 2 is 1.96 bits per heavy atom. The number of guanidine groups is 1. The van der Waals surface area contributed by atoms with Gasteiger partial charge in [-0.15, -0.1) is 0 Å². The highest BCUT2D eigenvalue weighted by Crippen LogP contribution is 2.40. The Kier molecular flexibility index (Phi) is 9.19. The predicted molar refractivity (Wildman–Crippen MR) is 115 cm³/mol. The summed E-state index contributed by atoms with van der Waals surface area (Å²) in [6, 6.07) is 3.83. The number of nitrogens with one attached hydrogen (secondary N) is 2. The van der Waals surface area contributed by atoms with E-state index < -0.39 is 0 Å². The summed E-state index contributed by atoms with van der Waals surface area (Å²) in [6.07, 6.45) is 6.15. The van der Waals surface area contributed by atoms with Crippen LogP contribution in [0.15, 0.2) is 17.1 Å². The monoisotopic (exact) mass is 411 g/mol. The number of benzene rings is 1. The van der Waals surface area contributed by atoms with Crippen LogP contribution in [0.1, 0.15) is 44.6 Å². The average Bonchev–Trinajstić information content (AvgIpc) is 3.17. The molecule has 28 heavy (non-hydrogen) atoms. The van der Waals surface area contributed by atoms with Crippen molar-refractivity contribution in [2.45, 2.75) is 45.6 Å². The van der Waals surface area contributed by atoms with Gasteiger partial charge in [0.1, 0.15) is 0 Å². The molecule has 2 rings (SSSR count). The molecule has 0 radical (unpaired) electrons. The topological polar surface area (TPSA) is 64.1 Å². The van der Waals surface area contributed by atoms with Gasteiger partial charge in [-0.2, -0.15) is 0 Å². The molecule has 158 valence electrons. The fourth-order valence-corrected chi connectivity index (χ4v) is 4.08. The molecule has 1 aliphatic rings. The zero-order valence-electron chi connectivity index (χ0n) is 17.6. The van der Waals surface area contributed by atoms with Gasteiger partial charge in [-0.25, -0.2) is 0 Å². The molecule has 0 aliphatic heterocycles. The summed E-state index contributed by atoms with van der Waals surface area (Å²) in [6.45, 7) is 4.76. The van der Waals surface area contributed by atoms with Crippen molar-refractivity contribution in [1.82, 2.24) is 10.6 Å². The Morgan fingerprint density at radius 3 is 2.57 bits per heavy atom. The summed E-state index contributed by atoms with van der Waals surface area (Å²) in [5, 5.41) is 7.41. The van der Waals surface area contributed by atoms with E-state index in [9.17, 15) is 0 Å². The number of rotatable bonds is 10. The van der Waals surface area contributed by atoms with Gasteiger partial charge in [-0.3, -0.25) is 4.99 Å². The van der Waals surface area contributed by atoms with Crippen LogP contribution < -0.4 is 20.1 Å². The van der Waals surface area contributed by atoms with Crippen LogP contribution in [-0.4, -0.2) is 47.0 Å². The third-order valence-corrected chi connectivity index (χ3v) is 5.67. The second-order valence-electron chi connectivity index (χ2n) is 7.27. The van der Waals surface area contributed by atoms with Crippen molar-refractivity contribution in [3.05, 3.63) is 22.7 Å². The van der Waals surface area contributed by atoms with Gasteiger partial charge in [0.05, 0.1) is 18.7 Å². The minimum atomic E-state index is 0.305. The van der Waals surface area contributed by atoms with Gasteiger partial charge in [0, 0.05) is 33.9 Å². The van der Waals surface area contributed by atoms with E-state index in [2.05, 4.69) is 15.6 Å². The average molecular weight is 412 g/mol. The van der Waals surface area contributed by atoms with Crippen molar-refractivity contribution >= 4 is 17.6 Å². The predicted octanol–water partition coefficient (Wildman–Crippen LogP) is 4.01. The van der Waals surface area contributed by atoms with Crippen LogP contribution in [0.5, 0.6) is 11.5 Å². The lowest BCUT2D eigenvalue weighted by atomic mass is 9.83. The highest BCUT2D eigenvalue weighted by molar-refractivity contribution is 6.32. The number of nitrogens with zero attached hydrogens (tertiary/aromatic N) is 1. The number of halogens is 1. The molecule has 1 fully saturated rings. The smallest absolute Gasteiger partial charge is 0.191 e. The Bertz CT molecular complexity index is 646. The zero-order chi connectivity index (χ0) is 20.4. The van der Waals surface area contributed by atoms with Crippen LogP contribution in [0.25, 0.3) is 0 Å². The van der Waals surface area contributed by atoms with Gasteiger partial charge < -0.3 is 24.8 Å². The minimum Gasteiger partial charge on any atom is -0.493 e. The maximum absolute atomic E-state index is 6.36. The lowest BCUT2D eigenvalue weighted by molar-refractivity contribution is 0.138. The number of hydrogen-bond acceptors (Lipinski definition) is 4. The van der Waals surface area contributed by atoms with E-state index in [1.165, 1.54) is 25.7 Å². The molecule has 6 nitrogen and oxygen atoms in total. The van der Waals surface area contributed by atoms with Gasteiger partial charge in [0.25, 0.3) is 0 Å². The molecule has 0 saturated heterocycles. The lowest BCUT2D eigenvalue weighted by Crippen LogP contribution is -2.43. The van der Waals surface area contributed by atoms with Crippen molar-refractivity contribution in [2.75, 3.05) is 41.0 Å². The molecule has 0 atom stereocenters. The molecule has 1 aliphatic carbocycles. The SMILES string of the molecule is CCOc1c(Cl)cc(CNC(=NC)NCC2(CCOC)CCCC2)cc1OC. The number of ether oxygens (including phenoxy) is 3. The highest BCUT2D eigenvalue weighted by atomic mass is 35.5. The Labute approximate surface area is 174 Å². The Morgan fingerprint density at radius 1 is 1.21 bits per heavy atom. The van der Waals surface area contributed by atoms with Crippen LogP contribution in [0.4, 0.5) is 0 Å². The summed E-state index contributed by atoms with van der Waals surface area (Å²) in [5.41, 5.74) is 1.31. The third kappa shape index (κ3) is 6.17. The first kappa shape index (κ1) is 22.6. The van der Waals surface area contributed by atoms with Gasteiger partial charge in [-0.1, -0.05) is 24.4 Å². The molecule has 0 amide bonds.